The first-order valence-corrected chi connectivity index (χ1v) is 6.84. The Morgan fingerprint density at radius 1 is 0.933 bits per heavy atom. The minimum Gasteiger partial charge on any atom is -0.0676 e. The van der Waals surface area contributed by atoms with Crippen molar-refractivity contribution >= 4 is 0 Å². The van der Waals surface area contributed by atoms with Gasteiger partial charge in [-0.05, 0) is 42.9 Å². The zero-order valence-electron chi connectivity index (χ0n) is 10.8. The van der Waals surface area contributed by atoms with Crippen LogP contribution in [0.5, 0.6) is 0 Å². The second-order valence-corrected chi connectivity index (χ2v) is 6.15. The van der Waals surface area contributed by atoms with Gasteiger partial charge in [-0.15, -0.1) is 0 Å². The first-order valence-electron chi connectivity index (χ1n) is 6.84. The third-order valence-electron chi connectivity index (χ3n) is 4.48. The maximum atomic E-state index is 2.40. The Morgan fingerprint density at radius 3 is 2.20 bits per heavy atom. The van der Waals surface area contributed by atoms with Crippen molar-refractivity contribution in [1.29, 1.82) is 0 Å². The quantitative estimate of drug-likeness (QED) is 0.569. The summed E-state index contributed by atoms with van der Waals surface area (Å²) in [6.45, 7) is 9.56. The fourth-order valence-electron chi connectivity index (χ4n) is 3.87. The van der Waals surface area contributed by atoms with Crippen LogP contribution >= 0.6 is 0 Å². The summed E-state index contributed by atoms with van der Waals surface area (Å²) in [5, 5.41) is 0. The molecule has 2 atom stereocenters. The molecule has 0 saturated heterocycles. The molecule has 0 nitrogen and oxygen atoms in total. The Kier molecular flexibility index (Phi) is 3.23. The monoisotopic (exact) mass is 206 g/mol. The summed E-state index contributed by atoms with van der Waals surface area (Å²) >= 11 is 0. The first-order chi connectivity index (χ1) is 7.11. The summed E-state index contributed by atoms with van der Waals surface area (Å²) in [7, 11) is 0. The molecule has 1 fully saturated rings. The lowest BCUT2D eigenvalue weighted by Crippen LogP contribution is -2.18. The fraction of sp³-hybridized carbons (Fsp3) is 0.867. The molecule has 2 aliphatic rings. The molecule has 2 rings (SSSR count). The van der Waals surface area contributed by atoms with Crippen molar-refractivity contribution < 1.29 is 0 Å². The van der Waals surface area contributed by atoms with E-state index in [4.69, 9.17) is 0 Å². The van der Waals surface area contributed by atoms with E-state index in [1.807, 2.05) is 11.1 Å². The summed E-state index contributed by atoms with van der Waals surface area (Å²) in [5.41, 5.74) is 3.68. The molecule has 0 heterocycles. The molecule has 2 unspecified atom stereocenters. The van der Waals surface area contributed by atoms with Crippen LogP contribution in [0.2, 0.25) is 0 Å². The predicted octanol–water partition coefficient (Wildman–Crippen LogP) is 4.81. The topological polar surface area (TPSA) is 0 Å². The van der Waals surface area contributed by atoms with E-state index in [1.54, 1.807) is 0 Å². The summed E-state index contributed by atoms with van der Waals surface area (Å²) in [6, 6.07) is 0. The average Bonchev–Trinajstić information content (AvgIpc) is 2.56. The zero-order chi connectivity index (χ0) is 11.0. The Morgan fingerprint density at radius 2 is 1.60 bits per heavy atom. The van der Waals surface area contributed by atoms with E-state index < -0.39 is 0 Å². The van der Waals surface area contributed by atoms with Crippen molar-refractivity contribution in [3.63, 3.8) is 0 Å². The maximum Gasteiger partial charge on any atom is -0.0166 e. The standard InChI is InChI=1S/C15H26/c1-10(2)14-9-12-7-5-6-8-13(12)15(14)11(3)4/h10-13H,5-9H2,1-4H3. The van der Waals surface area contributed by atoms with Crippen LogP contribution in [0.15, 0.2) is 11.1 Å². The molecule has 0 spiro atoms. The lowest BCUT2D eigenvalue weighted by atomic mass is 9.76. The predicted molar refractivity (Wildman–Crippen MR) is 66.8 cm³/mol. The van der Waals surface area contributed by atoms with E-state index in [2.05, 4.69) is 27.7 Å². The first kappa shape index (κ1) is 11.2. The molecular weight excluding hydrogens is 180 g/mol. The van der Waals surface area contributed by atoms with Crippen molar-refractivity contribution in [2.24, 2.45) is 23.7 Å². The lowest BCUT2D eigenvalue weighted by molar-refractivity contribution is 0.282. The van der Waals surface area contributed by atoms with Crippen molar-refractivity contribution in [3.8, 4) is 0 Å². The van der Waals surface area contributed by atoms with Crippen molar-refractivity contribution in [2.45, 2.75) is 59.8 Å². The minimum absolute atomic E-state index is 0.785. The third-order valence-corrected chi connectivity index (χ3v) is 4.48. The zero-order valence-corrected chi connectivity index (χ0v) is 10.8. The van der Waals surface area contributed by atoms with Crippen molar-refractivity contribution in [3.05, 3.63) is 11.1 Å². The Labute approximate surface area is 95.1 Å². The molecular formula is C15H26. The Balaban J connectivity index is 2.26. The van der Waals surface area contributed by atoms with Crippen LogP contribution in [-0.4, -0.2) is 0 Å². The summed E-state index contributed by atoms with van der Waals surface area (Å²) in [6.07, 6.45) is 7.36. The molecule has 0 aliphatic heterocycles. The number of rotatable bonds is 2. The second-order valence-electron chi connectivity index (χ2n) is 6.15. The highest BCUT2D eigenvalue weighted by Crippen LogP contribution is 2.49. The molecule has 1 saturated carbocycles. The van der Waals surface area contributed by atoms with Crippen LogP contribution in [0.4, 0.5) is 0 Å². The van der Waals surface area contributed by atoms with E-state index in [9.17, 15) is 0 Å². The lowest BCUT2D eigenvalue weighted by Gasteiger charge is -2.29. The number of hydrogen-bond acceptors (Lipinski definition) is 0. The highest BCUT2D eigenvalue weighted by atomic mass is 14.4. The van der Waals surface area contributed by atoms with Gasteiger partial charge >= 0.3 is 0 Å². The Bertz CT molecular complexity index is 257. The molecule has 0 amide bonds. The molecule has 0 aromatic carbocycles. The highest BCUT2D eigenvalue weighted by Gasteiger charge is 2.37. The Hall–Kier alpha value is -0.260. The SMILES string of the molecule is CC(C)C1=C(C(C)C)C2CCCCC2C1. The molecule has 86 valence electrons. The number of hydrogen-bond donors (Lipinski definition) is 0. The van der Waals surface area contributed by atoms with E-state index in [0.29, 0.717) is 0 Å². The van der Waals surface area contributed by atoms with Gasteiger partial charge in [-0.1, -0.05) is 51.7 Å². The minimum atomic E-state index is 0.785. The van der Waals surface area contributed by atoms with Gasteiger partial charge in [0.15, 0.2) is 0 Å². The molecule has 0 aromatic rings. The van der Waals surface area contributed by atoms with Crippen LogP contribution in [0.25, 0.3) is 0 Å². The van der Waals surface area contributed by atoms with Gasteiger partial charge in [0.1, 0.15) is 0 Å². The number of fused-ring (bicyclic) bond motifs is 1. The van der Waals surface area contributed by atoms with E-state index in [1.165, 1.54) is 32.1 Å². The average molecular weight is 206 g/mol. The van der Waals surface area contributed by atoms with Crippen LogP contribution in [-0.2, 0) is 0 Å². The summed E-state index contributed by atoms with van der Waals surface area (Å²) < 4.78 is 0. The molecule has 0 aromatic heterocycles. The maximum absolute atomic E-state index is 2.40. The van der Waals surface area contributed by atoms with Crippen LogP contribution in [0.3, 0.4) is 0 Å². The van der Waals surface area contributed by atoms with E-state index in [0.717, 1.165) is 23.7 Å². The van der Waals surface area contributed by atoms with Gasteiger partial charge in [0.05, 0.1) is 0 Å². The third kappa shape index (κ3) is 2.00. The molecule has 2 aliphatic carbocycles. The summed E-state index contributed by atoms with van der Waals surface area (Å²) in [4.78, 5) is 0. The van der Waals surface area contributed by atoms with E-state index >= 15 is 0 Å². The van der Waals surface area contributed by atoms with Gasteiger partial charge in [-0.25, -0.2) is 0 Å². The molecule has 0 heteroatoms. The van der Waals surface area contributed by atoms with Crippen molar-refractivity contribution in [1.82, 2.24) is 0 Å². The van der Waals surface area contributed by atoms with Gasteiger partial charge in [0, 0.05) is 0 Å². The van der Waals surface area contributed by atoms with Crippen molar-refractivity contribution in [2.75, 3.05) is 0 Å². The normalized spacial score (nSPS) is 31.6. The smallest absolute Gasteiger partial charge is 0.0166 e. The van der Waals surface area contributed by atoms with Gasteiger partial charge < -0.3 is 0 Å². The highest BCUT2D eigenvalue weighted by molar-refractivity contribution is 5.28. The molecule has 15 heavy (non-hydrogen) atoms. The largest absolute Gasteiger partial charge is 0.0676 e. The fourth-order valence-corrected chi connectivity index (χ4v) is 3.87. The second kappa shape index (κ2) is 4.31. The van der Waals surface area contributed by atoms with Crippen LogP contribution < -0.4 is 0 Å². The van der Waals surface area contributed by atoms with Gasteiger partial charge in [0.2, 0.25) is 0 Å². The van der Waals surface area contributed by atoms with Gasteiger partial charge in [-0.2, -0.15) is 0 Å². The molecule has 0 N–H and O–H groups in total. The number of allylic oxidation sites excluding steroid dienone is 2. The van der Waals surface area contributed by atoms with Crippen LogP contribution in [0.1, 0.15) is 59.8 Å². The molecule has 0 radical (unpaired) electrons. The summed E-state index contributed by atoms with van der Waals surface area (Å²) in [5.74, 6) is 3.56. The van der Waals surface area contributed by atoms with Gasteiger partial charge in [-0.3, -0.25) is 0 Å². The van der Waals surface area contributed by atoms with Gasteiger partial charge in [0.25, 0.3) is 0 Å². The van der Waals surface area contributed by atoms with E-state index in [-0.39, 0.29) is 0 Å². The van der Waals surface area contributed by atoms with Crippen LogP contribution in [0, 0.1) is 23.7 Å². The molecule has 0 bridgehead atoms.